The second-order valence-electron chi connectivity index (χ2n) is 6.23. The van der Waals surface area contributed by atoms with E-state index in [1.54, 1.807) is 18.2 Å². The molecule has 0 saturated heterocycles. The van der Waals surface area contributed by atoms with E-state index in [1.165, 1.54) is 12.6 Å². The molecule has 8 nitrogen and oxygen atoms in total. The monoisotopic (exact) mass is 339 g/mol. The van der Waals surface area contributed by atoms with E-state index in [1.807, 2.05) is 10.9 Å². The lowest BCUT2D eigenvalue weighted by Crippen LogP contribution is -2.17. The fourth-order valence-corrected chi connectivity index (χ4v) is 2.96. The highest BCUT2D eigenvalue weighted by Crippen LogP contribution is 2.30. The molecule has 0 unspecified atom stereocenters. The van der Waals surface area contributed by atoms with E-state index in [-0.39, 0.29) is 11.1 Å². The van der Waals surface area contributed by atoms with Crippen LogP contribution in [0.4, 0.5) is 5.69 Å². The van der Waals surface area contributed by atoms with Crippen LogP contribution >= 0.6 is 0 Å². The molecule has 2 aromatic heterocycles. The normalized spacial score (nSPS) is 14.4. The number of nitrogens with one attached hydrogen (secondary N) is 2. The van der Waals surface area contributed by atoms with Gasteiger partial charge in [-0.05, 0) is 31.4 Å². The Balaban J connectivity index is 1.55. The number of carboxylic acid groups (broad SMARTS) is 1. The number of H-pyrrole nitrogens is 1. The van der Waals surface area contributed by atoms with Crippen LogP contribution in [0.15, 0.2) is 35.4 Å². The maximum absolute atomic E-state index is 12.0. The highest BCUT2D eigenvalue weighted by atomic mass is 16.4. The third-order valence-electron chi connectivity index (χ3n) is 4.61. The molecule has 1 fully saturated rings. The molecule has 1 aliphatic rings. The van der Waals surface area contributed by atoms with Crippen molar-refractivity contribution in [3.05, 3.63) is 52.2 Å². The first-order valence-electron chi connectivity index (χ1n) is 8.15. The number of aromatic carboxylic acids is 1. The van der Waals surface area contributed by atoms with Crippen LogP contribution in [0.2, 0.25) is 0 Å². The van der Waals surface area contributed by atoms with Crippen LogP contribution in [0.25, 0.3) is 10.8 Å². The van der Waals surface area contributed by atoms with Crippen molar-refractivity contribution in [3.8, 4) is 0 Å². The zero-order valence-electron chi connectivity index (χ0n) is 13.4. The SMILES string of the molecule is O=C(O)c1c[nH]c(=O)c2cc(NCc3cn(C4CCC4)nn3)ccc12. The molecule has 1 saturated carbocycles. The molecule has 0 spiro atoms. The van der Waals surface area contributed by atoms with Crippen molar-refractivity contribution in [1.82, 2.24) is 20.0 Å². The first-order chi connectivity index (χ1) is 12.1. The number of pyridine rings is 1. The van der Waals surface area contributed by atoms with Crippen LogP contribution in [0.3, 0.4) is 0 Å². The molecule has 0 atom stereocenters. The molecule has 1 aliphatic carbocycles. The highest BCUT2D eigenvalue weighted by Gasteiger charge is 2.20. The van der Waals surface area contributed by atoms with Gasteiger partial charge in [-0.2, -0.15) is 0 Å². The molecule has 2 heterocycles. The summed E-state index contributed by atoms with van der Waals surface area (Å²) in [7, 11) is 0. The van der Waals surface area contributed by atoms with Gasteiger partial charge in [0.05, 0.1) is 24.3 Å². The van der Waals surface area contributed by atoms with Crippen molar-refractivity contribution in [1.29, 1.82) is 0 Å². The van der Waals surface area contributed by atoms with E-state index in [9.17, 15) is 14.7 Å². The third-order valence-corrected chi connectivity index (χ3v) is 4.61. The minimum Gasteiger partial charge on any atom is -0.478 e. The van der Waals surface area contributed by atoms with Crippen LogP contribution in [-0.4, -0.2) is 31.1 Å². The largest absolute Gasteiger partial charge is 0.478 e. The molecule has 1 aromatic carbocycles. The molecule has 128 valence electrons. The van der Waals surface area contributed by atoms with Gasteiger partial charge in [0.2, 0.25) is 0 Å². The summed E-state index contributed by atoms with van der Waals surface area (Å²) >= 11 is 0. The lowest BCUT2D eigenvalue weighted by atomic mass is 9.93. The fraction of sp³-hybridized carbons (Fsp3) is 0.294. The number of nitrogens with zero attached hydrogens (tertiary/aromatic N) is 3. The van der Waals surface area contributed by atoms with Gasteiger partial charge in [0.15, 0.2) is 0 Å². The predicted octanol–water partition coefficient (Wildman–Crippen LogP) is 2.15. The molecule has 25 heavy (non-hydrogen) atoms. The molecule has 0 bridgehead atoms. The second kappa shape index (κ2) is 6.04. The number of aromatic amines is 1. The molecule has 4 rings (SSSR count). The smallest absolute Gasteiger partial charge is 0.337 e. The van der Waals surface area contributed by atoms with Crippen LogP contribution in [0.1, 0.15) is 41.4 Å². The van der Waals surface area contributed by atoms with E-state index in [0.29, 0.717) is 23.4 Å². The number of hydrogen-bond donors (Lipinski definition) is 3. The number of hydrogen-bond acceptors (Lipinski definition) is 5. The van der Waals surface area contributed by atoms with Crippen LogP contribution in [0.5, 0.6) is 0 Å². The molecule has 0 amide bonds. The van der Waals surface area contributed by atoms with Gasteiger partial charge in [-0.25, -0.2) is 9.48 Å². The molecular weight excluding hydrogens is 322 g/mol. The van der Waals surface area contributed by atoms with Crippen molar-refractivity contribution < 1.29 is 9.90 Å². The Hall–Kier alpha value is -3.16. The van der Waals surface area contributed by atoms with E-state index in [0.717, 1.165) is 24.2 Å². The second-order valence-corrected chi connectivity index (χ2v) is 6.23. The van der Waals surface area contributed by atoms with Gasteiger partial charge in [-0.3, -0.25) is 4.79 Å². The number of carbonyl (C=O) groups is 1. The number of fused-ring (bicyclic) bond motifs is 1. The number of aromatic nitrogens is 4. The first-order valence-corrected chi connectivity index (χ1v) is 8.15. The fourth-order valence-electron chi connectivity index (χ4n) is 2.96. The summed E-state index contributed by atoms with van der Waals surface area (Å²) in [5.41, 5.74) is 1.29. The van der Waals surface area contributed by atoms with Crippen LogP contribution in [-0.2, 0) is 6.54 Å². The lowest BCUT2D eigenvalue weighted by Gasteiger charge is -2.24. The molecule has 3 aromatic rings. The first kappa shape index (κ1) is 15.4. The molecular formula is C17H17N5O3. The Morgan fingerprint density at radius 2 is 2.20 bits per heavy atom. The summed E-state index contributed by atoms with van der Waals surface area (Å²) in [6, 6.07) is 5.51. The third kappa shape index (κ3) is 2.86. The van der Waals surface area contributed by atoms with Gasteiger partial charge in [0.25, 0.3) is 5.56 Å². The van der Waals surface area contributed by atoms with Crippen LogP contribution < -0.4 is 10.9 Å². The Bertz CT molecular complexity index is 1000. The standard InChI is InChI=1S/C17H17N5O3/c23-16-14-6-10(4-5-13(14)15(8-19-16)17(24)25)18-7-11-9-22(21-20-11)12-2-1-3-12/h4-6,8-9,12,18H,1-3,7H2,(H,19,23)(H,24,25). The zero-order valence-corrected chi connectivity index (χ0v) is 13.4. The van der Waals surface area contributed by atoms with E-state index >= 15 is 0 Å². The van der Waals surface area contributed by atoms with Crippen molar-refractivity contribution in [3.63, 3.8) is 0 Å². The summed E-state index contributed by atoms with van der Waals surface area (Å²) in [5, 5.41) is 21.5. The Kier molecular flexibility index (Phi) is 3.72. The van der Waals surface area contributed by atoms with Gasteiger partial charge < -0.3 is 15.4 Å². The Labute approximate surface area is 142 Å². The highest BCUT2D eigenvalue weighted by molar-refractivity contribution is 6.03. The maximum Gasteiger partial charge on any atom is 0.337 e. The van der Waals surface area contributed by atoms with Crippen molar-refractivity contribution >= 4 is 22.4 Å². The quantitative estimate of drug-likeness (QED) is 0.656. The minimum atomic E-state index is -1.07. The number of anilines is 1. The van der Waals surface area contributed by atoms with E-state index in [2.05, 4.69) is 20.6 Å². The summed E-state index contributed by atoms with van der Waals surface area (Å²) < 4.78 is 1.91. The van der Waals surface area contributed by atoms with Gasteiger partial charge in [0, 0.05) is 22.7 Å². The Morgan fingerprint density at radius 1 is 1.36 bits per heavy atom. The van der Waals surface area contributed by atoms with Gasteiger partial charge in [-0.1, -0.05) is 11.3 Å². The van der Waals surface area contributed by atoms with E-state index < -0.39 is 5.97 Å². The average molecular weight is 339 g/mol. The van der Waals surface area contributed by atoms with Gasteiger partial charge in [0.1, 0.15) is 5.69 Å². The molecule has 0 aliphatic heterocycles. The number of benzene rings is 1. The van der Waals surface area contributed by atoms with Gasteiger partial charge in [-0.15, -0.1) is 5.10 Å². The summed E-state index contributed by atoms with van der Waals surface area (Å²) in [5.74, 6) is -1.07. The molecule has 0 radical (unpaired) electrons. The van der Waals surface area contributed by atoms with Crippen LogP contribution in [0, 0.1) is 0 Å². The van der Waals surface area contributed by atoms with Gasteiger partial charge >= 0.3 is 5.97 Å². The number of rotatable bonds is 5. The lowest BCUT2D eigenvalue weighted by molar-refractivity contribution is 0.0698. The zero-order chi connectivity index (χ0) is 17.4. The van der Waals surface area contributed by atoms with Crippen molar-refractivity contribution in [2.75, 3.05) is 5.32 Å². The summed E-state index contributed by atoms with van der Waals surface area (Å²) in [4.78, 5) is 25.7. The maximum atomic E-state index is 12.0. The van der Waals surface area contributed by atoms with Crippen molar-refractivity contribution in [2.24, 2.45) is 0 Å². The molecule has 8 heteroatoms. The number of carboxylic acids is 1. The molecule has 3 N–H and O–H groups in total. The van der Waals surface area contributed by atoms with Crippen molar-refractivity contribution in [2.45, 2.75) is 31.8 Å². The topological polar surface area (TPSA) is 113 Å². The minimum absolute atomic E-state index is 0.0737. The predicted molar refractivity (Wildman–Crippen MR) is 91.8 cm³/mol. The van der Waals surface area contributed by atoms with E-state index in [4.69, 9.17) is 0 Å². The summed E-state index contributed by atoms with van der Waals surface area (Å²) in [6.45, 7) is 0.481. The average Bonchev–Trinajstić information content (AvgIpc) is 3.00. The Morgan fingerprint density at radius 3 is 2.92 bits per heavy atom. The summed E-state index contributed by atoms with van der Waals surface area (Å²) in [6.07, 6.45) is 6.69.